The second kappa shape index (κ2) is 15.0. The van der Waals surface area contributed by atoms with E-state index in [2.05, 4.69) is 5.32 Å². The minimum Gasteiger partial charge on any atom is -0.508 e. The van der Waals surface area contributed by atoms with Crippen molar-refractivity contribution in [2.24, 2.45) is 0 Å². The van der Waals surface area contributed by atoms with E-state index in [1.165, 1.54) is 12.5 Å². The smallest absolute Gasteiger partial charge is 0.121 e. The van der Waals surface area contributed by atoms with Crippen LogP contribution in [0, 0.1) is 0 Å². The number of hydrogen-bond donors (Lipinski definition) is 4. The van der Waals surface area contributed by atoms with Gasteiger partial charge in [0.1, 0.15) is 11.5 Å². The van der Waals surface area contributed by atoms with Gasteiger partial charge in [-0.15, -0.1) is 0 Å². The summed E-state index contributed by atoms with van der Waals surface area (Å²) in [5.41, 5.74) is 1.13. The quantitative estimate of drug-likeness (QED) is 0.289. The zero-order chi connectivity index (χ0) is 21.4. The number of hydrogen-bond acceptors (Lipinski definition) is 6. The number of nitrogens with one attached hydrogen (secondary N) is 1. The van der Waals surface area contributed by atoms with Crippen LogP contribution < -0.4 is 5.32 Å². The molecule has 0 spiro atoms. The van der Waals surface area contributed by atoms with Crippen LogP contribution in [0.25, 0.3) is 0 Å². The van der Waals surface area contributed by atoms with E-state index in [4.69, 9.17) is 9.15 Å². The molecule has 0 fully saturated rings. The average Bonchev–Trinajstić information content (AvgIpc) is 3.27. The predicted molar refractivity (Wildman–Crippen MR) is 117 cm³/mol. The number of furan rings is 1. The molecule has 0 aliphatic rings. The molecule has 0 radical (unpaired) electrons. The van der Waals surface area contributed by atoms with Crippen molar-refractivity contribution >= 4 is 0 Å². The molecule has 0 aliphatic carbocycles. The van der Waals surface area contributed by atoms with Crippen LogP contribution in [0.3, 0.4) is 0 Å². The highest BCUT2D eigenvalue weighted by Crippen LogP contribution is 2.25. The topological polar surface area (TPSA) is 95.1 Å². The van der Waals surface area contributed by atoms with E-state index in [1.807, 2.05) is 12.1 Å². The summed E-state index contributed by atoms with van der Waals surface area (Å²) >= 11 is 0. The van der Waals surface area contributed by atoms with Crippen LogP contribution >= 0.6 is 0 Å². The maximum Gasteiger partial charge on any atom is 0.121 e. The Hall–Kier alpha value is -1.86. The molecule has 168 valence electrons. The van der Waals surface area contributed by atoms with Crippen LogP contribution in [-0.2, 0) is 17.8 Å². The summed E-state index contributed by atoms with van der Waals surface area (Å²) in [6.45, 7) is 2.76. The number of benzene rings is 1. The van der Waals surface area contributed by atoms with Gasteiger partial charge in [-0.3, -0.25) is 0 Å². The van der Waals surface area contributed by atoms with Crippen molar-refractivity contribution in [2.75, 3.05) is 26.3 Å². The third kappa shape index (κ3) is 9.76. The van der Waals surface area contributed by atoms with Gasteiger partial charge in [0.25, 0.3) is 0 Å². The SMILES string of the molecule is OCc1ccc(O)c(C(O)CNCCCCCCOCCCCCc2ccco2)c1. The molecular weight excluding hydrogens is 382 g/mol. The lowest BCUT2D eigenvalue weighted by molar-refractivity contribution is 0.125. The van der Waals surface area contributed by atoms with Crippen molar-refractivity contribution in [3.05, 3.63) is 53.5 Å². The molecule has 1 heterocycles. The van der Waals surface area contributed by atoms with Crippen molar-refractivity contribution in [1.82, 2.24) is 5.32 Å². The summed E-state index contributed by atoms with van der Waals surface area (Å²) in [6, 6.07) is 8.75. The Balaban J connectivity index is 1.37. The van der Waals surface area contributed by atoms with Crippen LogP contribution in [0.5, 0.6) is 5.75 Å². The van der Waals surface area contributed by atoms with Gasteiger partial charge in [-0.25, -0.2) is 0 Å². The lowest BCUT2D eigenvalue weighted by Gasteiger charge is -2.14. The standard InChI is InChI=1S/C24H37NO5/c26-19-20-11-12-23(27)22(17-20)24(28)18-25-13-5-1-2-6-14-29-15-7-3-4-9-21-10-8-16-30-21/h8,10-12,16-17,24-28H,1-7,9,13-15,18-19H2. The van der Waals surface area contributed by atoms with Gasteiger partial charge in [0.15, 0.2) is 0 Å². The predicted octanol–water partition coefficient (Wildman–Crippen LogP) is 4.09. The molecule has 6 nitrogen and oxygen atoms in total. The maximum atomic E-state index is 10.2. The lowest BCUT2D eigenvalue weighted by atomic mass is 10.0. The molecule has 1 aromatic carbocycles. The van der Waals surface area contributed by atoms with E-state index < -0.39 is 6.10 Å². The number of ether oxygens (including phenoxy) is 1. The fraction of sp³-hybridized carbons (Fsp3) is 0.583. The Bertz CT molecular complexity index is 674. The number of phenolic OH excluding ortho intramolecular Hbond substituents is 1. The molecule has 0 bridgehead atoms. The minimum absolute atomic E-state index is 0.0547. The van der Waals surface area contributed by atoms with E-state index in [-0.39, 0.29) is 12.4 Å². The van der Waals surface area contributed by atoms with Gasteiger partial charge in [0, 0.05) is 31.7 Å². The molecule has 0 saturated heterocycles. The summed E-state index contributed by atoms with van der Waals surface area (Å²) in [5, 5.41) is 32.5. The highest BCUT2D eigenvalue weighted by Gasteiger charge is 2.12. The number of aliphatic hydroxyl groups is 2. The van der Waals surface area contributed by atoms with E-state index in [0.29, 0.717) is 17.7 Å². The van der Waals surface area contributed by atoms with Crippen LogP contribution in [0.4, 0.5) is 0 Å². The van der Waals surface area contributed by atoms with Crippen molar-refractivity contribution < 1.29 is 24.5 Å². The molecule has 2 aromatic rings. The van der Waals surface area contributed by atoms with Crippen molar-refractivity contribution in [3.63, 3.8) is 0 Å². The molecule has 1 unspecified atom stereocenters. The third-order valence-electron chi connectivity index (χ3n) is 5.16. The van der Waals surface area contributed by atoms with E-state index >= 15 is 0 Å². The first-order valence-corrected chi connectivity index (χ1v) is 11.1. The number of phenols is 1. The van der Waals surface area contributed by atoms with Crippen molar-refractivity contribution in [2.45, 2.75) is 64.1 Å². The summed E-state index contributed by atoms with van der Waals surface area (Å²) < 4.78 is 11.0. The molecule has 0 aliphatic heterocycles. The van der Waals surface area contributed by atoms with Crippen molar-refractivity contribution in [1.29, 1.82) is 0 Å². The molecule has 0 amide bonds. The largest absolute Gasteiger partial charge is 0.508 e. The number of aryl methyl sites for hydroxylation is 1. The van der Waals surface area contributed by atoms with E-state index in [9.17, 15) is 15.3 Å². The monoisotopic (exact) mass is 419 g/mol. The van der Waals surface area contributed by atoms with Crippen LogP contribution in [-0.4, -0.2) is 41.6 Å². The normalized spacial score (nSPS) is 12.3. The Kier molecular flexibility index (Phi) is 12.2. The zero-order valence-corrected chi connectivity index (χ0v) is 17.9. The molecule has 0 saturated carbocycles. The number of unbranched alkanes of at least 4 members (excludes halogenated alkanes) is 5. The molecule has 6 heteroatoms. The summed E-state index contributed by atoms with van der Waals surface area (Å²) in [6.07, 6.45) is 9.75. The van der Waals surface area contributed by atoms with Gasteiger partial charge in [-0.1, -0.05) is 25.3 Å². The second-order valence-corrected chi connectivity index (χ2v) is 7.69. The summed E-state index contributed by atoms with van der Waals surface area (Å²) in [4.78, 5) is 0. The molecule has 30 heavy (non-hydrogen) atoms. The molecule has 2 rings (SSSR count). The van der Waals surface area contributed by atoms with Gasteiger partial charge in [0.05, 0.1) is 19.0 Å². The number of aromatic hydroxyl groups is 1. The van der Waals surface area contributed by atoms with Crippen LogP contribution in [0.15, 0.2) is 41.0 Å². The van der Waals surface area contributed by atoms with Gasteiger partial charge < -0.3 is 29.8 Å². The summed E-state index contributed by atoms with van der Waals surface area (Å²) in [5.74, 6) is 1.12. The third-order valence-corrected chi connectivity index (χ3v) is 5.16. The fourth-order valence-electron chi connectivity index (χ4n) is 3.36. The van der Waals surface area contributed by atoms with E-state index in [0.717, 1.165) is 70.5 Å². The molecule has 4 N–H and O–H groups in total. The average molecular weight is 420 g/mol. The van der Waals surface area contributed by atoms with Crippen LogP contribution in [0.1, 0.15) is 67.9 Å². The van der Waals surface area contributed by atoms with Gasteiger partial charge in [-0.05, 0) is 62.1 Å². The molecular formula is C24H37NO5. The summed E-state index contributed by atoms with van der Waals surface area (Å²) in [7, 11) is 0. The number of aliphatic hydroxyl groups excluding tert-OH is 2. The Morgan fingerprint density at radius 2 is 1.73 bits per heavy atom. The minimum atomic E-state index is -0.788. The van der Waals surface area contributed by atoms with Gasteiger partial charge >= 0.3 is 0 Å². The van der Waals surface area contributed by atoms with Gasteiger partial charge in [0.2, 0.25) is 0 Å². The Morgan fingerprint density at radius 1 is 0.967 bits per heavy atom. The molecule has 1 aromatic heterocycles. The highest BCUT2D eigenvalue weighted by molar-refractivity contribution is 5.37. The highest BCUT2D eigenvalue weighted by atomic mass is 16.5. The zero-order valence-electron chi connectivity index (χ0n) is 17.9. The van der Waals surface area contributed by atoms with E-state index in [1.54, 1.807) is 18.4 Å². The Labute approximate surface area is 179 Å². The maximum absolute atomic E-state index is 10.2. The first-order chi connectivity index (χ1) is 14.7. The fourth-order valence-corrected chi connectivity index (χ4v) is 3.36. The second-order valence-electron chi connectivity index (χ2n) is 7.69. The van der Waals surface area contributed by atoms with Crippen molar-refractivity contribution in [3.8, 4) is 5.75 Å². The first-order valence-electron chi connectivity index (χ1n) is 11.1. The van der Waals surface area contributed by atoms with Crippen LogP contribution in [0.2, 0.25) is 0 Å². The number of rotatable bonds is 17. The Morgan fingerprint density at radius 3 is 2.47 bits per heavy atom. The first kappa shape index (κ1) is 24.4. The van der Waals surface area contributed by atoms with Gasteiger partial charge in [-0.2, -0.15) is 0 Å². The lowest BCUT2D eigenvalue weighted by Crippen LogP contribution is -2.22. The molecule has 1 atom stereocenters.